The molecule has 2 heterocycles. The van der Waals surface area contributed by atoms with E-state index in [-0.39, 0.29) is 11.2 Å². The van der Waals surface area contributed by atoms with Crippen molar-refractivity contribution < 1.29 is 27.5 Å². The highest BCUT2D eigenvalue weighted by Crippen LogP contribution is 2.35. The van der Waals surface area contributed by atoms with Crippen LogP contribution in [-0.4, -0.2) is 60.0 Å². The van der Waals surface area contributed by atoms with Crippen LogP contribution >= 0.6 is 0 Å². The van der Waals surface area contributed by atoms with E-state index in [1.165, 1.54) is 23.5 Å². The SMILES string of the molecule is COC(=O)c1cnc2c(ccn2S(=O)(=O)C2(C)CC=CC=C2NCCCCCNC(=O)OC(C)(C)C)c1. The van der Waals surface area contributed by atoms with Crippen molar-refractivity contribution in [3.8, 4) is 0 Å². The first-order chi connectivity index (χ1) is 17.4. The van der Waals surface area contributed by atoms with E-state index in [1.807, 2.05) is 32.9 Å². The van der Waals surface area contributed by atoms with Crippen LogP contribution < -0.4 is 10.6 Å². The van der Waals surface area contributed by atoms with Crippen LogP contribution in [0.2, 0.25) is 0 Å². The van der Waals surface area contributed by atoms with Crippen LogP contribution in [0.4, 0.5) is 4.79 Å². The van der Waals surface area contributed by atoms with E-state index in [2.05, 4.69) is 15.6 Å². The molecular formula is C26H36N4O6S. The van der Waals surface area contributed by atoms with Crippen LogP contribution in [0.15, 0.2) is 48.5 Å². The number of ether oxygens (including phenoxy) is 2. The summed E-state index contributed by atoms with van der Waals surface area (Å²) in [6.07, 6.45) is 10.6. The van der Waals surface area contributed by atoms with Crippen molar-refractivity contribution in [3.63, 3.8) is 0 Å². The van der Waals surface area contributed by atoms with Gasteiger partial charge in [-0.25, -0.2) is 27.0 Å². The van der Waals surface area contributed by atoms with Crippen molar-refractivity contribution in [2.75, 3.05) is 20.2 Å². The minimum atomic E-state index is -3.91. The van der Waals surface area contributed by atoms with Crippen LogP contribution in [0.3, 0.4) is 0 Å². The summed E-state index contributed by atoms with van der Waals surface area (Å²) in [6.45, 7) is 8.25. The van der Waals surface area contributed by atoms with Crippen molar-refractivity contribution in [2.24, 2.45) is 0 Å². The minimum Gasteiger partial charge on any atom is -0.465 e. The zero-order valence-corrected chi connectivity index (χ0v) is 22.9. The summed E-state index contributed by atoms with van der Waals surface area (Å²) >= 11 is 0. The van der Waals surface area contributed by atoms with Gasteiger partial charge in [-0.3, -0.25) is 0 Å². The molecule has 1 amide bonds. The van der Waals surface area contributed by atoms with Crippen LogP contribution in [0.1, 0.15) is 63.7 Å². The van der Waals surface area contributed by atoms with E-state index >= 15 is 0 Å². The second-order valence-electron chi connectivity index (χ2n) is 10.1. The van der Waals surface area contributed by atoms with Gasteiger partial charge in [-0.15, -0.1) is 0 Å². The molecule has 10 nitrogen and oxygen atoms in total. The summed E-state index contributed by atoms with van der Waals surface area (Å²) in [5, 5.41) is 6.58. The lowest BCUT2D eigenvalue weighted by Gasteiger charge is -2.33. The average Bonchev–Trinajstić information content (AvgIpc) is 3.27. The normalized spacial score (nSPS) is 17.8. The Morgan fingerprint density at radius 3 is 2.62 bits per heavy atom. The summed E-state index contributed by atoms with van der Waals surface area (Å²) in [7, 11) is -2.63. The maximum Gasteiger partial charge on any atom is 0.407 e. The molecule has 1 unspecified atom stereocenters. The molecule has 1 aliphatic rings. The lowest BCUT2D eigenvalue weighted by atomic mass is 9.97. The predicted molar refractivity (Wildman–Crippen MR) is 142 cm³/mol. The molecule has 37 heavy (non-hydrogen) atoms. The van der Waals surface area contributed by atoms with Gasteiger partial charge in [0.25, 0.3) is 10.0 Å². The van der Waals surface area contributed by atoms with Crippen LogP contribution in [0.5, 0.6) is 0 Å². The molecule has 0 bridgehead atoms. The molecule has 1 aliphatic carbocycles. The molecule has 2 N–H and O–H groups in total. The molecule has 0 radical (unpaired) electrons. The van der Waals surface area contributed by atoms with E-state index in [9.17, 15) is 18.0 Å². The smallest absolute Gasteiger partial charge is 0.407 e. The molecule has 1 atom stereocenters. The fourth-order valence-corrected chi connectivity index (χ4v) is 5.79. The van der Waals surface area contributed by atoms with Crippen molar-refractivity contribution in [1.29, 1.82) is 0 Å². The highest BCUT2D eigenvalue weighted by molar-refractivity contribution is 7.91. The van der Waals surface area contributed by atoms with Gasteiger partial charge < -0.3 is 20.1 Å². The Bertz CT molecular complexity index is 1310. The van der Waals surface area contributed by atoms with Crippen LogP contribution in [-0.2, 0) is 19.5 Å². The lowest BCUT2D eigenvalue weighted by Crippen LogP contribution is -2.46. The van der Waals surface area contributed by atoms with Gasteiger partial charge in [0, 0.05) is 36.6 Å². The Morgan fingerprint density at radius 2 is 1.92 bits per heavy atom. The molecule has 2 aromatic heterocycles. The highest BCUT2D eigenvalue weighted by Gasteiger charge is 2.44. The molecule has 0 saturated heterocycles. The number of aromatic nitrogens is 2. The topological polar surface area (TPSA) is 129 Å². The number of unbranched alkanes of at least 4 members (excludes halogenated alkanes) is 2. The molecule has 0 saturated carbocycles. The third kappa shape index (κ3) is 6.51. The summed E-state index contributed by atoms with van der Waals surface area (Å²) in [5.41, 5.74) is 0.578. The third-order valence-electron chi connectivity index (χ3n) is 6.06. The van der Waals surface area contributed by atoms with E-state index in [0.717, 1.165) is 19.3 Å². The number of allylic oxidation sites excluding steroid dienone is 3. The molecule has 202 valence electrons. The number of fused-ring (bicyclic) bond motifs is 1. The van der Waals surface area contributed by atoms with Gasteiger partial charge in [0.15, 0.2) is 5.65 Å². The summed E-state index contributed by atoms with van der Waals surface area (Å²) in [5.74, 6) is -0.538. The number of hydrogen-bond donors (Lipinski definition) is 2. The van der Waals surface area contributed by atoms with Gasteiger partial charge in [0.05, 0.1) is 12.7 Å². The van der Waals surface area contributed by atoms with Crippen LogP contribution in [0.25, 0.3) is 11.0 Å². The molecule has 3 rings (SSSR count). The van der Waals surface area contributed by atoms with Crippen molar-refractivity contribution in [2.45, 2.75) is 63.7 Å². The summed E-state index contributed by atoms with van der Waals surface area (Å²) < 4.78 is 37.6. The van der Waals surface area contributed by atoms with Crippen molar-refractivity contribution >= 4 is 33.1 Å². The number of rotatable bonds is 10. The molecule has 2 aromatic rings. The minimum absolute atomic E-state index is 0.250. The monoisotopic (exact) mass is 532 g/mol. The quantitative estimate of drug-likeness (QED) is 0.348. The molecule has 0 aromatic carbocycles. The molecule has 0 fully saturated rings. The third-order valence-corrected chi connectivity index (χ3v) is 8.39. The number of carbonyl (C=O) groups excluding carboxylic acids is 2. The van der Waals surface area contributed by atoms with Gasteiger partial charge in [0.1, 0.15) is 10.3 Å². The van der Waals surface area contributed by atoms with E-state index < -0.39 is 32.4 Å². The predicted octanol–water partition coefficient (Wildman–Crippen LogP) is 3.89. The second kappa shape index (κ2) is 11.4. The molecule has 0 aliphatic heterocycles. The van der Waals surface area contributed by atoms with E-state index in [0.29, 0.717) is 30.6 Å². The lowest BCUT2D eigenvalue weighted by molar-refractivity contribution is 0.0525. The number of hydrogen-bond acceptors (Lipinski definition) is 8. The molecule has 0 spiro atoms. The molecular weight excluding hydrogens is 496 g/mol. The maximum absolute atomic E-state index is 13.9. The van der Waals surface area contributed by atoms with E-state index in [1.54, 1.807) is 25.1 Å². The standard InChI is InChI=1S/C26H36N4O6S/c1-25(2,3)36-24(32)28-15-10-6-9-14-27-21-11-7-8-13-26(21,4)37(33,34)30-16-12-19-17-20(23(31)35-5)18-29-22(19)30/h7-8,11-12,16-18,27H,6,9-10,13-15H2,1-5H3,(H,28,32). The average molecular weight is 533 g/mol. The first kappa shape index (κ1) is 28.2. The first-order valence-corrected chi connectivity index (χ1v) is 13.7. The number of nitrogens with zero attached hydrogens (tertiary/aromatic N) is 2. The largest absolute Gasteiger partial charge is 0.465 e. The van der Waals surface area contributed by atoms with Gasteiger partial charge in [-0.1, -0.05) is 12.2 Å². The summed E-state index contributed by atoms with van der Waals surface area (Å²) in [6, 6.07) is 3.19. The number of alkyl carbamates (subject to hydrolysis) is 1. The number of esters is 1. The number of pyridine rings is 1. The van der Waals surface area contributed by atoms with Gasteiger partial charge >= 0.3 is 12.1 Å². The Balaban J connectivity index is 1.62. The van der Waals surface area contributed by atoms with Crippen LogP contribution in [0, 0.1) is 0 Å². The first-order valence-electron chi connectivity index (χ1n) is 12.3. The maximum atomic E-state index is 13.9. The Kier molecular flexibility index (Phi) is 8.68. The highest BCUT2D eigenvalue weighted by atomic mass is 32.2. The van der Waals surface area contributed by atoms with Gasteiger partial charge in [-0.05, 0) is 71.6 Å². The Morgan fingerprint density at radius 1 is 1.19 bits per heavy atom. The fraction of sp³-hybridized carbons (Fsp3) is 0.500. The van der Waals surface area contributed by atoms with E-state index in [4.69, 9.17) is 9.47 Å². The fourth-order valence-electron chi connectivity index (χ4n) is 4.03. The zero-order valence-electron chi connectivity index (χ0n) is 22.0. The van der Waals surface area contributed by atoms with Crippen molar-refractivity contribution in [3.05, 3.63) is 54.0 Å². The summed E-state index contributed by atoms with van der Waals surface area (Å²) in [4.78, 5) is 27.8. The zero-order chi connectivity index (χ0) is 27.3. The van der Waals surface area contributed by atoms with Crippen molar-refractivity contribution in [1.82, 2.24) is 19.6 Å². The number of nitrogens with one attached hydrogen (secondary N) is 2. The Labute approximate surface area is 218 Å². The molecule has 11 heteroatoms. The Hall–Kier alpha value is -3.34. The number of carbonyl (C=O) groups is 2. The van der Waals surface area contributed by atoms with Gasteiger partial charge in [0.2, 0.25) is 0 Å². The number of amides is 1. The van der Waals surface area contributed by atoms with Gasteiger partial charge in [-0.2, -0.15) is 0 Å². The number of methoxy groups -OCH3 is 1. The second-order valence-corrected chi connectivity index (χ2v) is 12.3.